The number of aldehydes is 1. The van der Waals surface area contributed by atoms with Crippen LogP contribution in [0.2, 0.25) is 0 Å². The van der Waals surface area contributed by atoms with Gasteiger partial charge in [0, 0.05) is 0 Å². The highest BCUT2D eigenvalue weighted by Crippen LogP contribution is 2.12. The van der Waals surface area contributed by atoms with Crippen molar-refractivity contribution in [1.82, 2.24) is 0 Å². The molecule has 0 aromatic heterocycles. The second kappa shape index (κ2) is 7.86. The van der Waals surface area contributed by atoms with E-state index in [-0.39, 0.29) is 0 Å². The van der Waals surface area contributed by atoms with Crippen molar-refractivity contribution in [3.05, 3.63) is 41.5 Å². The summed E-state index contributed by atoms with van der Waals surface area (Å²) in [5.74, 6) is 0. The fourth-order valence-corrected chi connectivity index (χ4v) is 1.65. The average Bonchev–Trinajstić information content (AvgIpc) is 2.34. The van der Waals surface area contributed by atoms with Gasteiger partial charge in [0.25, 0.3) is 0 Å². The van der Waals surface area contributed by atoms with Gasteiger partial charge in [0.2, 0.25) is 0 Å². The molecule has 0 aliphatic carbocycles. The number of carbonyl (C=O) groups is 1. The summed E-state index contributed by atoms with van der Waals surface area (Å²) in [5, 5.41) is 0. The summed E-state index contributed by atoms with van der Waals surface area (Å²) in [6.07, 6.45) is 6.52. The predicted molar refractivity (Wildman–Crippen MR) is 69.2 cm³/mol. The van der Waals surface area contributed by atoms with Gasteiger partial charge in [0.15, 0.2) is 0 Å². The van der Waals surface area contributed by atoms with Gasteiger partial charge in [-0.05, 0) is 30.1 Å². The molecule has 1 rings (SSSR count). The van der Waals surface area contributed by atoms with Gasteiger partial charge < -0.3 is 0 Å². The molecule has 0 amide bonds. The van der Waals surface area contributed by atoms with E-state index in [2.05, 4.69) is 6.92 Å². The van der Waals surface area contributed by atoms with E-state index < -0.39 is 6.26 Å². The minimum Gasteiger partial charge on any atom is -0.298 e. The zero-order valence-electron chi connectivity index (χ0n) is 10.9. The third-order valence-electron chi connectivity index (χ3n) is 2.57. The van der Waals surface area contributed by atoms with Crippen LogP contribution in [0.5, 0.6) is 0 Å². The Morgan fingerprint density at radius 1 is 1.25 bits per heavy atom. The third-order valence-corrected chi connectivity index (χ3v) is 2.57. The normalized spacial score (nSPS) is 12.3. The van der Waals surface area contributed by atoms with Crippen LogP contribution in [0.25, 0.3) is 6.08 Å². The molecule has 0 radical (unpaired) electrons. The first kappa shape index (κ1) is 11.1. The standard InChI is InChI=1S/C15H20O/c1-2-3-4-6-11-15(13-16)12-14-9-7-5-8-10-14/h5,7-10,12-13H,2-4,6,11H2,1H3/b15-12+/i13D. The van der Waals surface area contributed by atoms with Crippen LogP contribution in [0.15, 0.2) is 35.9 Å². The van der Waals surface area contributed by atoms with Gasteiger partial charge in [-0.1, -0.05) is 56.5 Å². The highest BCUT2D eigenvalue weighted by molar-refractivity contribution is 5.81. The summed E-state index contributed by atoms with van der Waals surface area (Å²) in [6.45, 7) is 2.16. The molecule has 0 atom stereocenters. The van der Waals surface area contributed by atoms with Crippen molar-refractivity contribution >= 4 is 12.3 Å². The lowest BCUT2D eigenvalue weighted by molar-refractivity contribution is -0.105. The number of carbonyl (C=O) groups excluding carboxylic acids is 1. The van der Waals surface area contributed by atoms with Crippen LogP contribution >= 0.6 is 0 Å². The maximum atomic E-state index is 11.2. The Bertz CT molecular complexity index is 368. The third kappa shape index (κ3) is 4.92. The molecule has 1 aromatic rings. The maximum Gasteiger partial charge on any atom is 0.146 e. The molecule has 0 fully saturated rings. The molecule has 0 saturated heterocycles. The van der Waals surface area contributed by atoms with E-state index in [9.17, 15) is 4.79 Å². The van der Waals surface area contributed by atoms with E-state index in [1.54, 1.807) is 0 Å². The summed E-state index contributed by atoms with van der Waals surface area (Å²) in [7, 11) is 0. The molecular formula is C15H20O. The number of allylic oxidation sites excluding steroid dienone is 1. The molecule has 1 heteroatoms. The van der Waals surface area contributed by atoms with E-state index in [1.807, 2.05) is 36.4 Å². The van der Waals surface area contributed by atoms with Crippen LogP contribution in [0, 0.1) is 0 Å². The minimum absolute atomic E-state index is 0.551. The molecule has 0 saturated carbocycles. The van der Waals surface area contributed by atoms with Gasteiger partial charge in [0.1, 0.15) is 7.63 Å². The monoisotopic (exact) mass is 217 g/mol. The summed E-state index contributed by atoms with van der Waals surface area (Å²) >= 11 is 0. The smallest absolute Gasteiger partial charge is 0.146 e. The minimum atomic E-state index is -0.551. The predicted octanol–water partition coefficient (Wildman–Crippen LogP) is 4.24. The van der Waals surface area contributed by atoms with Crippen LogP contribution in [0.4, 0.5) is 0 Å². The van der Waals surface area contributed by atoms with Crippen molar-refractivity contribution in [1.29, 1.82) is 0 Å². The second-order valence-electron chi connectivity index (χ2n) is 3.99. The van der Waals surface area contributed by atoms with Crippen LogP contribution in [-0.2, 0) is 4.79 Å². The molecule has 1 nitrogen and oxygen atoms in total. The van der Waals surface area contributed by atoms with Gasteiger partial charge in [-0.25, -0.2) is 0 Å². The molecule has 0 heterocycles. The molecule has 0 bridgehead atoms. The molecule has 1 aromatic carbocycles. The topological polar surface area (TPSA) is 17.1 Å². The van der Waals surface area contributed by atoms with E-state index in [0.717, 1.165) is 24.8 Å². The Labute approximate surface area is 99.6 Å². The van der Waals surface area contributed by atoms with E-state index in [1.165, 1.54) is 12.8 Å². The van der Waals surface area contributed by atoms with Crippen molar-refractivity contribution in [3.8, 4) is 0 Å². The first-order valence-corrected chi connectivity index (χ1v) is 6.00. The van der Waals surface area contributed by atoms with Gasteiger partial charge in [-0.2, -0.15) is 0 Å². The lowest BCUT2D eigenvalue weighted by atomic mass is 10.0. The summed E-state index contributed by atoms with van der Waals surface area (Å²) in [6, 6.07) is 9.73. The van der Waals surface area contributed by atoms with Crippen LogP contribution in [0.1, 0.15) is 46.0 Å². The van der Waals surface area contributed by atoms with Gasteiger partial charge in [0.05, 0.1) is 0 Å². The Morgan fingerprint density at radius 3 is 2.62 bits per heavy atom. The van der Waals surface area contributed by atoms with Gasteiger partial charge >= 0.3 is 0 Å². The van der Waals surface area contributed by atoms with Gasteiger partial charge in [-0.3, -0.25) is 4.79 Å². The van der Waals surface area contributed by atoms with Crippen LogP contribution in [0.3, 0.4) is 0 Å². The molecule has 86 valence electrons. The molecule has 16 heavy (non-hydrogen) atoms. The number of hydrogen-bond donors (Lipinski definition) is 0. The first-order chi connectivity index (χ1) is 8.24. The SMILES string of the molecule is [2H]C(=O)/C(=C/c1ccccc1)CCCCCC. The molecular weight excluding hydrogens is 196 g/mol. The zero-order valence-corrected chi connectivity index (χ0v) is 9.91. The lowest BCUT2D eigenvalue weighted by Gasteiger charge is -2.00. The molecule has 0 aliphatic rings. The first-order valence-electron chi connectivity index (χ1n) is 6.50. The summed E-state index contributed by atoms with van der Waals surface area (Å²) in [4.78, 5) is 11.2. The highest BCUT2D eigenvalue weighted by atomic mass is 16.1. The Balaban J connectivity index is 2.60. The maximum absolute atomic E-state index is 11.2. The number of rotatable bonds is 7. The number of unbranched alkanes of at least 4 members (excludes halogenated alkanes) is 3. The molecule has 0 aliphatic heterocycles. The van der Waals surface area contributed by atoms with Crippen LogP contribution < -0.4 is 0 Å². The largest absolute Gasteiger partial charge is 0.298 e. The summed E-state index contributed by atoms with van der Waals surface area (Å²) < 4.78 is 7.26. The Hall–Kier alpha value is -1.37. The fourth-order valence-electron chi connectivity index (χ4n) is 1.65. The fraction of sp³-hybridized carbons (Fsp3) is 0.400. The number of benzene rings is 1. The van der Waals surface area contributed by atoms with E-state index in [4.69, 9.17) is 1.37 Å². The Morgan fingerprint density at radius 2 is 2.00 bits per heavy atom. The average molecular weight is 217 g/mol. The van der Waals surface area contributed by atoms with E-state index in [0.29, 0.717) is 5.57 Å². The highest BCUT2D eigenvalue weighted by Gasteiger charge is 1.96. The van der Waals surface area contributed by atoms with Crippen molar-refractivity contribution < 1.29 is 6.17 Å². The summed E-state index contributed by atoms with van der Waals surface area (Å²) in [5.41, 5.74) is 1.62. The van der Waals surface area contributed by atoms with Crippen molar-refractivity contribution in [2.45, 2.75) is 39.0 Å². The molecule has 0 spiro atoms. The van der Waals surface area contributed by atoms with Crippen molar-refractivity contribution in [2.24, 2.45) is 0 Å². The van der Waals surface area contributed by atoms with Gasteiger partial charge in [-0.15, -0.1) is 0 Å². The lowest BCUT2D eigenvalue weighted by Crippen LogP contribution is -1.86. The molecule has 0 unspecified atom stereocenters. The zero-order chi connectivity index (χ0) is 12.5. The van der Waals surface area contributed by atoms with Crippen molar-refractivity contribution in [2.75, 3.05) is 0 Å². The number of hydrogen-bond acceptors (Lipinski definition) is 1. The Kier molecular flexibility index (Phi) is 5.47. The van der Waals surface area contributed by atoms with E-state index >= 15 is 0 Å². The second-order valence-corrected chi connectivity index (χ2v) is 3.99. The quantitative estimate of drug-likeness (QED) is 0.379. The molecule has 0 N–H and O–H groups in total. The van der Waals surface area contributed by atoms with Crippen LogP contribution in [-0.4, -0.2) is 6.26 Å². The van der Waals surface area contributed by atoms with Crippen molar-refractivity contribution in [3.63, 3.8) is 0 Å².